The second kappa shape index (κ2) is 2.78. The van der Waals surface area contributed by atoms with Crippen molar-refractivity contribution in [2.75, 3.05) is 19.6 Å². The Bertz CT molecular complexity index is 350. The highest BCUT2D eigenvalue weighted by atomic mass is 32.1. The zero-order valence-electron chi connectivity index (χ0n) is 8.29. The van der Waals surface area contributed by atoms with Crippen LogP contribution < -0.4 is 11.1 Å². The summed E-state index contributed by atoms with van der Waals surface area (Å²) in [5.41, 5.74) is 7.31. The maximum absolute atomic E-state index is 5.94. The van der Waals surface area contributed by atoms with Gasteiger partial charge in [0.15, 0.2) is 0 Å². The van der Waals surface area contributed by atoms with Gasteiger partial charge >= 0.3 is 0 Å². The van der Waals surface area contributed by atoms with Crippen LogP contribution in [0, 0.1) is 18.8 Å². The summed E-state index contributed by atoms with van der Waals surface area (Å²) in [4.78, 5) is 4.61. The summed E-state index contributed by atoms with van der Waals surface area (Å²) in [6.45, 7) is 5.07. The molecule has 1 unspecified atom stereocenters. The number of fused-ring (bicyclic) bond motifs is 1. The van der Waals surface area contributed by atoms with Crippen LogP contribution >= 0.6 is 11.3 Å². The molecule has 1 aromatic rings. The molecule has 2 heterocycles. The molecule has 2 aliphatic rings. The molecule has 1 saturated carbocycles. The van der Waals surface area contributed by atoms with Crippen LogP contribution in [-0.4, -0.2) is 24.6 Å². The number of hydrogen-bond acceptors (Lipinski definition) is 4. The lowest BCUT2D eigenvalue weighted by atomic mass is 10.0. The van der Waals surface area contributed by atoms with Crippen molar-refractivity contribution in [2.45, 2.75) is 12.3 Å². The van der Waals surface area contributed by atoms with Gasteiger partial charge < -0.3 is 11.1 Å². The zero-order chi connectivity index (χ0) is 9.76. The van der Waals surface area contributed by atoms with E-state index in [1.54, 1.807) is 11.3 Å². The molecule has 0 spiro atoms. The molecule has 1 aromatic heterocycles. The van der Waals surface area contributed by atoms with Gasteiger partial charge in [-0.15, -0.1) is 11.3 Å². The predicted octanol–water partition coefficient (Wildman–Crippen LogP) is 0.497. The van der Waals surface area contributed by atoms with Crippen LogP contribution in [0.2, 0.25) is 0 Å². The van der Waals surface area contributed by atoms with E-state index >= 15 is 0 Å². The number of thiazole rings is 1. The van der Waals surface area contributed by atoms with Crippen molar-refractivity contribution >= 4 is 11.3 Å². The molecule has 14 heavy (non-hydrogen) atoms. The van der Waals surface area contributed by atoms with E-state index in [0.29, 0.717) is 0 Å². The molecule has 3 N–H and O–H groups in total. The first-order valence-electron chi connectivity index (χ1n) is 5.12. The second-order valence-electron chi connectivity index (χ2n) is 4.41. The number of aromatic nitrogens is 1. The minimum absolute atomic E-state index is 0.240. The minimum atomic E-state index is 0.240. The third-order valence-electron chi connectivity index (χ3n) is 3.78. The summed E-state index contributed by atoms with van der Waals surface area (Å²) in [5, 5.41) is 6.81. The van der Waals surface area contributed by atoms with Gasteiger partial charge in [-0.05, 0) is 31.8 Å². The first kappa shape index (κ1) is 8.83. The SMILES string of the molecule is Cc1csc(C2(CN)[C@@H]3CNC[C@@H]32)n1. The van der Waals surface area contributed by atoms with Crippen molar-refractivity contribution in [1.29, 1.82) is 0 Å². The molecule has 76 valence electrons. The van der Waals surface area contributed by atoms with Gasteiger partial charge in [-0.2, -0.15) is 0 Å². The Kier molecular flexibility index (Phi) is 1.75. The molecule has 3 atom stereocenters. The maximum atomic E-state index is 5.94. The van der Waals surface area contributed by atoms with E-state index in [4.69, 9.17) is 5.73 Å². The summed E-state index contributed by atoms with van der Waals surface area (Å²) in [7, 11) is 0. The van der Waals surface area contributed by atoms with Crippen molar-refractivity contribution in [3.8, 4) is 0 Å². The topological polar surface area (TPSA) is 50.9 Å². The zero-order valence-corrected chi connectivity index (χ0v) is 9.10. The highest BCUT2D eigenvalue weighted by molar-refractivity contribution is 7.09. The van der Waals surface area contributed by atoms with E-state index in [0.717, 1.165) is 37.2 Å². The molecule has 2 fully saturated rings. The molecule has 1 saturated heterocycles. The largest absolute Gasteiger partial charge is 0.329 e. The normalized spacial score (nSPS) is 39.9. The van der Waals surface area contributed by atoms with Crippen molar-refractivity contribution in [2.24, 2.45) is 17.6 Å². The molecule has 3 rings (SSSR count). The van der Waals surface area contributed by atoms with Crippen molar-refractivity contribution < 1.29 is 0 Å². The molecule has 4 heteroatoms. The fourth-order valence-electron chi connectivity index (χ4n) is 2.92. The molecule has 0 amide bonds. The van der Waals surface area contributed by atoms with Gasteiger partial charge in [0.25, 0.3) is 0 Å². The van der Waals surface area contributed by atoms with Gasteiger partial charge in [0.05, 0.1) is 0 Å². The fourth-order valence-corrected chi connectivity index (χ4v) is 4.06. The lowest BCUT2D eigenvalue weighted by Crippen LogP contribution is -2.31. The van der Waals surface area contributed by atoms with Crippen LogP contribution in [0.15, 0.2) is 5.38 Å². The average Bonchev–Trinajstić information content (AvgIpc) is 2.66. The maximum Gasteiger partial charge on any atom is 0.101 e. The van der Waals surface area contributed by atoms with Crippen LogP contribution in [0.4, 0.5) is 0 Å². The van der Waals surface area contributed by atoms with E-state index in [-0.39, 0.29) is 5.41 Å². The Morgan fingerprint density at radius 2 is 2.36 bits per heavy atom. The Labute approximate surface area is 87.7 Å². The van der Waals surface area contributed by atoms with Gasteiger partial charge in [-0.25, -0.2) is 4.98 Å². The molecule has 0 bridgehead atoms. The number of hydrogen-bond donors (Lipinski definition) is 2. The number of nitrogens with one attached hydrogen (secondary N) is 1. The Balaban J connectivity index is 1.96. The molecule has 3 nitrogen and oxygen atoms in total. The standard InChI is InChI=1S/C10H15N3S/c1-6-4-14-9(13-6)10(5-11)7-2-12-3-8(7)10/h4,7-8,12H,2-3,5,11H2,1H3/t7-,8+,10?. The predicted molar refractivity (Wildman–Crippen MR) is 57.4 cm³/mol. The molecular formula is C10H15N3S. The van der Waals surface area contributed by atoms with Crippen LogP contribution in [-0.2, 0) is 5.41 Å². The van der Waals surface area contributed by atoms with E-state index in [9.17, 15) is 0 Å². The molecule has 0 aromatic carbocycles. The highest BCUT2D eigenvalue weighted by Crippen LogP contribution is 2.61. The average molecular weight is 209 g/mol. The first-order chi connectivity index (χ1) is 6.79. The third-order valence-corrected chi connectivity index (χ3v) is 4.94. The van der Waals surface area contributed by atoms with Crippen LogP contribution in [0.5, 0.6) is 0 Å². The Morgan fingerprint density at radius 3 is 2.86 bits per heavy atom. The monoisotopic (exact) mass is 209 g/mol. The van der Waals surface area contributed by atoms with Crippen LogP contribution in [0.25, 0.3) is 0 Å². The summed E-state index contributed by atoms with van der Waals surface area (Å²) in [5.74, 6) is 1.50. The van der Waals surface area contributed by atoms with Gasteiger partial charge in [0.2, 0.25) is 0 Å². The van der Waals surface area contributed by atoms with Gasteiger partial charge in [0, 0.05) is 23.0 Å². The van der Waals surface area contributed by atoms with E-state index in [1.165, 1.54) is 5.01 Å². The molecule has 1 aliphatic heterocycles. The van der Waals surface area contributed by atoms with Crippen LogP contribution in [0.3, 0.4) is 0 Å². The number of piperidine rings is 1. The Hall–Kier alpha value is -0.450. The highest BCUT2D eigenvalue weighted by Gasteiger charge is 2.67. The van der Waals surface area contributed by atoms with E-state index in [1.807, 2.05) is 0 Å². The number of nitrogens with zero attached hydrogens (tertiary/aromatic N) is 1. The summed E-state index contributed by atoms with van der Waals surface area (Å²) >= 11 is 1.78. The first-order valence-corrected chi connectivity index (χ1v) is 6.00. The van der Waals surface area contributed by atoms with Crippen LogP contribution in [0.1, 0.15) is 10.7 Å². The smallest absolute Gasteiger partial charge is 0.101 e. The summed E-state index contributed by atoms with van der Waals surface area (Å²) in [6, 6.07) is 0. The van der Waals surface area contributed by atoms with E-state index < -0.39 is 0 Å². The summed E-state index contributed by atoms with van der Waals surface area (Å²) in [6.07, 6.45) is 0. The Morgan fingerprint density at radius 1 is 1.64 bits per heavy atom. The van der Waals surface area contributed by atoms with Crippen molar-refractivity contribution in [3.63, 3.8) is 0 Å². The lowest BCUT2D eigenvalue weighted by molar-refractivity contribution is 0.523. The number of aryl methyl sites for hydroxylation is 1. The van der Waals surface area contributed by atoms with Crippen molar-refractivity contribution in [1.82, 2.24) is 10.3 Å². The quantitative estimate of drug-likeness (QED) is 0.745. The molecular weight excluding hydrogens is 194 g/mol. The molecule has 1 aliphatic carbocycles. The number of nitrogens with two attached hydrogens (primary N) is 1. The minimum Gasteiger partial charge on any atom is -0.329 e. The fraction of sp³-hybridized carbons (Fsp3) is 0.700. The second-order valence-corrected chi connectivity index (χ2v) is 5.27. The molecule has 0 radical (unpaired) electrons. The van der Waals surface area contributed by atoms with E-state index in [2.05, 4.69) is 22.6 Å². The van der Waals surface area contributed by atoms with Gasteiger partial charge in [0.1, 0.15) is 5.01 Å². The number of rotatable bonds is 2. The summed E-state index contributed by atoms with van der Waals surface area (Å²) < 4.78 is 0. The van der Waals surface area contributed by atoms with Gasteiger partial charge in [-0.3, -0.25) is 0 Å². The van der Waals surface area contributed by atoms with Gasteiger partial charge in [-0.1, -0.05) is 0 Å². The lowest BCUT2D eigenvalue weighted by Gasteiger charge is -2.16. The van der Waals surface area contributed by atoms with Crippen molar-refractivity contribution in [3.05, 3.63) is 16.1 Å². The third kappa shape index (κ3) is 0.912.